The Hall–Kier alpha value is -3.04. The van der Waals surface area contributed by atoms with Crippen LogP contribution in [-0.2, 0) is 0 Å². The number of ether oxygens (including phenoxy) is 1. The third-order valence-corrected chi connectivity index (χ3v) is 4.16. The van der Waals surface area contributed by atoms with Crippen molar-refractivity contribution in [2.45, 2.75) is 0 Å². The van der Waals surface area contributed by atoms with Gasteiger partial charge in [0, 0.05) is 10.9 Å². The second kappa shape index (κ2) is 7.89. The molecular formula is C22H19ClN2O. The molecule has 1 heterocycles. The maximum Gasteiger partial charge on any atom is 0.142 e. The van der Waals surface area contributed by atoms with E-state index in [1.165, 1.54) is 0 Å². The van der Waals surface area contributed by atoms with E-state index in [1.54, 1.807) is 7.11 Å². The molecule has 0 fully saturated rings. The smallest absolute Gasteiger partial charge is 0.142 e. The Morgan fingerprint density at radius 2 is 1.46 bits per heavy atom. The van der Waals surface area contributed by atoms with Crippen molar-refractivity contribution in [2.75, 3.05) is 12.4 Å². The molecule has 4 aromatic rings. The summed E-state index contributed by atoms with van der Waals surface area (Å²) < 4.78 is 5.47. The van der Waals surface area contributed by atoms with Gasteiger partial charge >= 0.3 is 0 Å². The molecule has 0 unspecified atom stereocenters. The van der Waals surface area contributed by atoms with Crippen LogP contribution in [0.5, 0.6) is 5.75 Å². The van der Waals surface area contributed by atoms with Gasteiger partial charge < -0.3 is 10.1 Å². The standard InChI is InChI=1S/C22H18N2O.ClH/c1-25-22-14-8-7-13-19(22)24-21-15-20(16-9-3-2-4-10-16)23-18-12-6-5-11-17(18)21;/h2-15H,1H3,(H,23,24);1H. The minimum atomic E-state index is 0. The summed E-state index contributed by atoms with van der Waals surface area (Å²) in [5.74, 6) is 0.810. The lowest BCUT2D eigenvalue weighted by molar-refractivity contribution is 0.417. The van der Waals surface area contributed by atoms with Crippen LogP contribution in [0.15, 0.2) is 84.9 Å². The Labute approximate surface area is 159 Å². The molecule has 0 spiro atoms. The maximum atomic E-state index is 5.47. The SMILES string of the molecule is COc1ccccc1Nc1cc(-c2ccccc2)nc2ccccc12.Cl. The van der Waals surface area contributed by atoms with Crippen LogP contribution in [0.3, 0.4) is 0 Å². The summed E-state index contributed by atoms with van der Waals surface area (Å²) in [6, 6.07) is 28.4. The molecular weight excluding hydrogens is 344 g/mol. The average molecular weight is 363 g/mol. The molecule has 1 N–H and O–H groups in total. The topological polar surface area (TPSA) is 34.1 Å². The van der Waals surface area contributed by atoms with Crippen LogP contribution in [0, 0.1) is 0 Å². The number of hydrogen-bond acceptors (Lipinski definition) is 3. The number of hydrogen-bond donors (Lipinski definition) is 1. The molecule has 0 radical (unpaired) electrons. The average Bonchev–Trinajstić information content (AvgIpc) is 2.69. The molecule has 0 saturated heterocycles. The highest BCUT2D eigenvalue weighted by Crippen LogP contribution is 2.33. The summed E-state index contributed by atoms with van der Waals surface area (Å²) in [6.07, 6.45) is 0. The van der Waals surface area contributed by atoms with Gasteiger partial charge in [0.2, 0.25) is 0 Å². The van der Waals surface area contributed by atoms with Crippen molar-refractivity contribution in [2.24, 2.45) is 0 Å². The number of para-hydroxylation sites is 3. The lowest BCUT2D eigenvalue weighted by Gasteiger charge is -2.14. The number of pyridine rings is 1. The lowest BCUT2D eigenvalue weighted by atomic mass is 10.1. The number of anilines is 2. The third kappa shape index (κ3) is 3.48. The largest absolute Gasteiger partial charge is 0.495 e. The molecule has 0 aliphatic rings. The molecule has 26 heavy (non-hydrogen) atoms. The predicted octanol–water partition coefficient (Wildman–Crippen LogP) is 6.08. The van der Waals surface area contributed by atoms with E-state index in [4.69, 9.17) is 9.72 Å². The molecule has 0 saturated carbocycles. The van der Waals surface area contributed by atoms with Gasteiger partial charge in [0.15, 0.2) is 0 Å². The number of benzene rings is 3. The van der Waals surface area contributed by atoms with Gasteiger partial charge in [-0.3, -0.25) is 0 Å². The first-order chi connectivity index (χ1) is 12.3. The molecule has 3 nitrogen and oxygen atoms in total. The lowest BCUT2D eigenvalue weighted by Crippen LogP contribution is -1.97. The fourth-order valence-corrected chi connectivity index (χ4v) is 2.93. The van der Waals surface area contributed by atoms with Crippen LogP contribution in [0.4, 0.5) is 11.4 Å². The summed E-state index contributed by atoms with van der Waals surface area (Å²) in [5.41, 5.74) is 4.93. The van der Waals surface area contributed by atoms with E-state index in [0.717, 1.165) is 39.3 Å². The van der Waals surface area contributed by atoms with Gasteiger partial charge in [0.25, 0.3) is 0 Å². The quantitative estimate of drug-likeness (QED) is 0.478. The van der Waals surface area contributed by atoms with Gasteiger partial charge in [-0.15, -0.1) is 12.4 Å². The number of halogens is 1. The second-order valence-electron chi connectivity index (χ2n) is 5.76. The van der Waals surface area contributed by atoms with Gasteiger partial charge in [0.1, 0.15) is 5.75 Å². The van der Waals surface area contributed by atoms with Crippen molar-refractivity contribution >= 4 is 34.7 Å². The Kier molecular flexibility index (Phi) is 5.40. The zero-order chi connectivity index (χ0) is 17.1. The summed E-state index contributed by atoms with van der Waals surface area (Å²) in [6.45, 7) is 0. The first-order valence-corrected chi connectivity index (χ1v) is 8.20. The van der Waals surface area contributed by atoms with Gasteiger partial charge in [-0.2, -0.15) is 0 Å². The molecule has 0 atom stereocenters. The highest BCUT2D eigenvalue weighted by molar-refractivity contribution is 5.95. The molecule has 130 valence electrons. The van der Waals surface area contributed by atoms with Crippen LogP contribution in [-0.4, -0.2) is 12.1 Å². The fourth-order valence-electron chi connectivity index (χ4n) is 2.93. The Morgan fingerprint density at radius 1 is 0.769 bits per heavy atom. The second-order valence-corrected chi connectivity index (χ2v) is 5.76. The number of aromatic nitrogens is 1. The molecule has 0 bridgehead atoms. The molecule has 1 aromatic heterocycles. The zero-order valence-corrected chi connectivity index (χ0v) is 15.2. The highest BCUT2D eigenvalue weighted by atomic mass is 35.5. The van der Waals surface area contributed by atoms with Crippen molar-refractivity contribution in [3.8, 4) is 17.0 Å². The van der Waals surface area contributed by atoms with E-state index in [1.807, 2.05) is 60.7 Å². The van der Waals surface area contributed by atoms with Gasteiger partial charge in [-0.05, 0) is 24.3 Å². The van der Waals surface area contributed by atoms with Crippen molar-refractivity contribution in [1.82, 2.24) is 4.98 Å². The van der Waals surface area contributed by atoms with Crippen molar-refractivity contribution in [1.29, 1.82) is 0 Å². The molecule has 4 heteroatoms. The zero-order valence-electron chi connectivity index (χ0n) is 14.3. The summed E-state index contributed by atoms with van der Waals surface area (Å²) in [4.78, 5) is 4.82. The summed E-state index contributed by atoms with van der Waals surface area (Å²) in [7, 11) is 1.68. The first-order valence-electron chi connectivity index (χ1n) is 8.20. The normalized spacial score (nSPS) is 10.2. The Bertz CT molecular complexity index is 1020. The van der Waals surface area contributed by atoms with Crippen LogP contribution < -0.4 is 10.1 Å². The van der Waals surface area contributed by atoms with E-state index in [2.05, 4.69) is 29.6 Å². The molecule has 0 aliphatic carbocycles. The van der Waals surface area contributed by atoms with E-state index >= 15 is 0 Å². The van der Waals surface area contributed by atoms with Gasteiger partial charge in [-0.1, -0.05) is 60.7 Å². The number of rotatable bonds is 4. The van der Waals surface area contributed by atoms with Crippen molar-refractivity contribution < 1.29 is 4.74 Å². The Balaban J connectivity index is 0.00000196. The van der Waals surface area contributed by atoms with Crippen LogP contribution >= 0.6 is 12.4 Å². The van der Waals surface area contributed by atoms with Crippen LogP contribution in [0.25, 0.3) is 22.2 Å². The molecule has 0 amide bonds. The summed E-state index contributed by atoms with van der Waals surface area (Å²) in [5, 5.41) is 4.59. The molecule has 0 aliphatic heterocycles. The maximum absolute atomic E-state index is 5.47. The number of nitrogens with one attached hydrogen (secondary N) is 1. The van der Waals surface area contributed by atoms with E-state index in [0.29, 0.717) is 0 Å². The first kappa shape index (κ1) is 17.8. The molecule has 3 aromatic carbocycles. The van der Waals surface area contributed by atoms with E-state index < -0.39 is 0 Å². The van der Waals surface area contributed by atoms with E-state index in [9.17, 15) is 0 Å². The number of fused-ring (bicyclic) bond motifs is 1. The van der Waals surface area contributed by atoms with Crippen molar-refractivity contribution in [3.05, 3.63) is 84.9 Å². The fraction of sp³-hybridized carbons (Fsp3) is 0.0455. The van der Waals surface area contributed by atoms with E-state index in [-0.39, 0.29) is 12.4 Å². The van der Waals surface area contributed by atoms with Gasteiger partial charge in [0.05, 0.1) is 29.7 Å². The van der Waals surface area contributed by atoms with Crippen LogP contribution in [0.2, 0.25) is 0 Å². The monoisotopic (exact) mass is 362 g/mol. The third-order valence-electron chi connectivity index (χ3n) is 4.16. The minimum absolute atomic E-state index is 0. The van der Waals surface area contributed by atoms with Crippen molar-refractivity contribution in [3.63, 3.8) is 0 Å². The number of nitrogens with zero attached hydrogens (tertiary/aromatic N) is 1. The number of methoxy groups -OCH3 is 1. The predicted molar refractivity (Wildman–Crippen MR) is 111 cm³/mol. The van der Waals surface area contributed by atoms with Gasteiger partial charge in [-0.25, -0.2) is 4.98 Å². The van der Waals surface area contributed by atoms with Crippen LogP contribution in [0.1, 0.15) is 0 Å². The molecule has 4 rings (SSSR count). The summed E-state index contributed by atoms with van der Waals surface area (Å²) >= 11 is 0. The Morgan fingerprint density at radius 3 is 2.27 bits per heavy atom. The highest BCUT2D eigenvalue weighted by Gasteiger charge is 2.09. The minimum Gasteiger partial charge on any atom is -0.495 e.